The van der Waals surface area contributed by atoms with Gasteiger partial charge in [-0.25, -0.2) is 0 Å². The van der Waals surface area contributed by atoms with E-state index < -0.39 is 117 Å². The van der Waals surface area contributed by atoms with E-state index in [-0.39, 0.29) is 18.1 Å². The molecule has 0 aromatic rings. The second kappa shape index (κ2) is 62.6. The first-order valence-electron chi connectivity index (χ1n) is 25.2. The van der Waals surface area contributed by atoms with Gasteiger partial charge in [-0.15, -0.1) is 6.42 Å². The molecule has 0 radical (unpaired) electrons. The van der Waals surface area contributed by atoms with Gasteiger partial charge in [-0.2, -0.15) is 0 Å². The molecular weight excluding hydrogens is 1300 g/mol. The molecule has 0 spiro atoms. The summed E-state index contributed by atoms with van der Waals surface area (Å²) in [5.41, 5.74) is -0.396. The van der Waals surface area contributed by atoms with Crippen LogP contribution in [-0.2, 0) is 0 Å². The van der Waals surface area contributed by atoms with Crippen LogP contribution in [0, 0.1) is 36.0 Å². The summed E-state index contributed by atoms with van der Waals surface area (Å²) in [6.07, 6.45) is 8.75. The van der Waals surface area contributed by atoms with Crippen molar-refractivity contribution in [1.82, 2.24) is 0 Å². The van der Waals surface area contributed by atoms with Gasteiger partial charge in [-0.05, 0) is 86.9 Å². The molecule has 0 aromatic heterocycles. The Labute approximate surface area is 502 Å². The predicted molar refractivity (Wildman–Crippen MR) is 337 cm³/mol. The number of hydrogen-bond acceptors (Lipinski definition) is 31. The lowest BCUT2D eigenvalue weighted by Gasteiger charge is -2.24. The van der Waals surface area contributed by atoms with Crippen molar-refractivity contribution in [2.75, 3.05) is 0 Å². The summed E-state index contributed by atoms with van der Waals surface area (Å²) < 4.78 is 0. The Hall–Kier alpha value is 0.0426. The van der Waals surface area contributed by atoms with Gasteiger partial charge in [0, 0.05) is 35.3 Å². The third-order valence-electron chi connectivity index (χ3n) is 7.13. The van der Waals surface area contributed by atoms with E-state index in [1.54, 1.807) is 69.2 Å². The molecule has 0 aliphatic heterocycles. The van der Waals surface area contributed by atoms with E-state index in [1.807, 2.05) is 20.8 Å². The smallest absolute Gasteiger partial charge is 0.415 e. The lowest BCUT2D eigenvalue weighted by molar-refractivity contribution is 0.191. The highest BCUT2D eigenvalue weighted by molar-refractivity contribution is 6.65. The van der Waals surface area contributed by atoms with Crippen molar-refractivity contribution >= 4 is 107 Å². The zero-order chi connectivity index (χ0) is 70.1. The third-order valence-corrected chi connectivity index (χ3v) is 20.0. The van der Waals surface area contributed by atoms with E-state index in [1.165, 1.54) is 26.6 Å². The first-order chi connectivity index (χ1) is 35.7. The van der Waals surface area contributed by atoms with E-state index in [2.05, 4.69) is 29.6 Å². The normalized spacial score (nSPS) is 11.2. The summed E-state index contributed by atoms with van der Waals surface area (Å²) >= 11 is 0. The zero-order valence-corrected chi connectivity index (χ0v) is 64.1. The van der Waals surface area contributed by atoms with Crippen LogP contribution < -0.4 is 0 Å². The molecule has 0 saturated heterocycles. The summed E-state index contributed by atoms with van der Waals surface area (Å²) in [4.78, 5) is 254. The fraction of sp³-hybridized carbons (Fsp3) is 0.846. The molecule has 31 N–H and O–H groups in total. The molecule has 0 rings (SSSR count). The first kappa shape index (κ1) is 113. The Balaban J connectivity index is -0.0000000576. The molecule has 0 bridgehead atoms. The van der Waals surface area contributed by atoms with E-state index in [9.17, 15) is 9.59 Å². The lowest BCUT2D eigenvalue weighted by Crippen LogP contribution is -2.44. The second-order valence-electron chi connectivity index (χ2n) is 18.7. The van der Waals surface area contributed by atoms with Gasteiger partial charge in [0.2, 0.25) is 0 Å². The fourth-order valence-corrected chi connectivity index (χ4v) is 5.91. The minimum atomic E-state index is -3.86. The van der Waals surface area contributed by atoms with Gasteiger partial charge in [0.15, 0.2) is 0 Å². The molecule has 0 atom stereocenters. The van der Waals surface area contributed by atoms with Gasteiger partial charge >= 0.3 is 96.6 Å². The molecule has 506 valence electrons. The molecule has 0 amide bonds. The molecule has 82 heavy (non-hydrogen) atoms. The molecule has 43 heteroatoms. The minimum Gasteiger partial charge on any atom is -0.415 e. The summed E-state index contributed by atoms with van der Waals surface area (Å²) in [5.74, 6) is 12.0. The Bertz CT molecular complexity index is 1400. The predicted octanol–water partition coefficient (Wildman–Crippen LogP) is -6.80. The third kappa shape index (κ3) is 217. The van der Waals surface area contributed by atoms with Gasteiger partial charge in [0.25, 0.3) is 10.0 Å². The van der Waals surface area contributed by atoms with Crippen molar-refractivity contribution in [3.63, 3.8) is 0 Å². The van der Waals surface area contributed by atoms with Crippen LogP contribution in [0.15, 0.2) is 0 Å². The Morgan fingerprint density at radius 2 is 0.683 bits per heavy atom. The largest absolute Gasteiger partial charge is 0.498 e. The second-order valence-corrected chi connectivity index (χ2v) is 45.8. The lowest BCUT2D eigenvalue weighted by atomic mass is 10.3. The van der Waals surface area contributed by atoms with Crippen molar-refractivity contribution in [3.8, 4) is 36.0 Å². The average molecular weight is 1420 g/mol. The Morgan fingerprint density at radius 1 is 0.451 bits per heavy atom. The first-order valence-corrected chi connectivity index (χ1v) is 50.4. The molecule has 0 aromatic carbocycles. The molecular formula is C39H116O31Si12. The number of terminal acetylenes is 1. The number of hydrogen-bond donors (Lipinski definition) is 31. The van der Waals surface area contributed by atoms with Crippen LogP contribution in [-0.4, -0.2) is 255 Å². The summed E-state index contributed by atoms with van der Waals surface area (Å²) in [6.45, 7) is 29.5. The van der Waals surface area contributed by atoms with Crippen molar-refractivity contribution in [2.24, 2.45) is 0 Å². The van der Waals surface area contributed by atoms with Crippen molar-refractivity contribution in [2.45, 2.75) is 214 Å². The van der Waals surface area contributed by atoms with Crippen LogP contribution in [0.25, 0.3) is 0 Å². The van der Waals surface area contributed by atoms with E-state index in [0.717, 1.165) is 25.8 Å². The molecule has 0 aliphatic rings. The van der Waals surface area contributed by atoms with E-state index in [4.69, 9.17) is 145 Å². The SMILES string of the molecule is C#CC#CC#CC.CC(C)(C)[Si](O)(O)O.CC(C)[Si](O)(O)O.CCCC[Si](O)(O)O.CCC[Si](O)(O)CCC.CCC[Si](O)(O)O.CC[Si](C)(O)O.CC[Si](O)(O)CC.CC[Si](O)(O)O.C[Si](C)(O)O.C[Si](O)(O)O.O[SiH2]O.O[SiH](O)O. The molecule has 0 unspecified atom stereocenters. The highest BCUT2D eigenvalue weighted by Crippen LogP contribution is 2.29. The Morgan fingerprint density at radius 3 is 0.756 bits per heavy atom. The minimum absolute atomic E-state index is 0.0764. The summed E-state index contributed by atoms with van der Waals surface area (Å²) in [6, 6.07) is 3.26. The van der Waals surface area contributed by atoms with Crippen LogP contribution in [0.3, 0.4) is 0 Å². The maximum absolute atomic E-state index is 9.21. The van der Waals surface area contributed by atoms with Crippen molar-refractivity contribution in [1.29, 1.82) is 0 Å². The molecule has 0 heterocycles. The number of rotatable bonds is 14. The summed E-state index contributed by atoms with van der Waals surface area (Å²) in [5, 5.41) is -0.757. The van der Waals surface area contributed by atoms with Gasteiger partial charge in [-0.1, -0.05) is 122 Å². The maximum Gasteiger partial charge on any atom is 0.498 e. The molecule has 0 aliphatic carbocycles. The van der Waals surface area contributed by atoms with Gasteiger partial charge in [0.05, 0.1) is 0 Å². The Kier molecular flexibility index (Phi) is 86.4. The number of unbranched alkanes of at least 4 members (excludes halogenated alkanes) is 1. The quantitative estimate of drug-likeness (QED) is 0.0568. The van der Waals surface area contributed by atoms with Crippen LogP contribution in [0.4, 0.5) is 0 Å². The van der Waals surface area contributed by atoms with Crippen LogP contribution in [0.1, 0.15) is 129 Å². The van der Waals surface area contributed by atoms with Crippen LogP contribution in [0.5, 0.6) is 0 Å². The highest BCUT2D eigenvalue weighted by Gasteiger charge is 2.42. The van der Waals surface area contributed by atoms with Gasteiger partial charge in [0.1, 0.15) is 0 Å². The van der Waals surface area contributed by atoms with Crippen molar-refractivity contribution in [3.05, 3.63) is 0 Å². The van der Waals surface area contributed by atoms with Gasteiger partial charge < -0.3 is 149 Å². The average Bonchev–Trinajstić information content (AvgIpc) is 3.21. The molecule has 0 saturated carbocycles. The monoisotopic (exact) mass is 1420 g/mol. The topological polar surface area (TPSA) is 627 Å². The molecule has 0 fully saturated rings. The van der Waals surface area contributed by atoms with Gasteiger partial charge in [-0.3, -0.25) is 0 Å². The fourth-order valence-electron chi connectivity index (χ4n) is 2.05. The van der Waals surface area contributed by atoms with Crippen molar-refractivity contribution < 1.29 is 149 Å². The van der Waals surface area contributed by atoms with Crippen LogP contribution >= 0.6 is 0 Å². The highest BCUT2D eigenvalue weighted by atomic mass is 28.4. The molecule has 31 nitrogen and oxygen atoms in total. The standard InChI is InChI=1S/C7H4.C6H16O2Si.2C4H12O3Si.C4H12O2Si.2C3H10O3Si.C3H10O2Si.C2H8O3Si.C2H8O2Si.CH6O3Si.H4O3Si.H4O2Si/c1-3-5-7-6-4-2;1-3-5-9(7,8)6-4-2;1-4(2,3)8(5,6)7;1-2-3-4-8(5,6)7;1-3-7(5,6)4-2;1-3(2)7(4,5)6;1-2-3-7(4,5)6;1-3-6(2,4)5;1-2-6(3,4)5;2*1-5(2,3)4;1-4(2)3;1-3-2/h1H,2H3;7-8H,3-6H2,1-2H3;5-7H,1-3H3;5-7H,2-4H2,1H3;5-6H,3-4H2,1-2H3;3-6H,1-2H3;4-6H,2-3H2,1H3;4-5H,3H2,1-2H3;3-5H,2H2,1H3;3-4H,1-2H3;2-4H,1H3;1-4H;1-2H,3H2. The zero-order valence-electron chi connectivity index (χ0n) is 51.5. The van der Waals surface area contributed by atoms with E-state index >= 15 is 0 Å². The maximum atomic E-state index is 9.21. The summed E-state index contributed by atoms with van der Waals surface area (Å²) in [7, 11) is -37.5. The van der Waals surface area contributed by atoms with E-state index in [0.29, 0.717) is 43.1 Å². The van der Waals surface area contributed by atoms with Crippen LogP contribution in [0.2, 0.25) is 85.1 Å².